The zero-order chi connectivity index (χ0) is 12.3. The summed E-state index contributed by atoms with van der Waals surface area (Å²) >= 11 is 0. The van der Waals surface area contributed by atoms with Crippen molar-refractivity contribution in [3.05, 3.63) is 59.4 Å². The first-order valence-electron chi connectivity index (χ1n) is 5.53. The second-order valence-corrected chi connectivity index (χ2v) is 3.88. The van der Waals surface area contributed by atoms with Gasteiger partial charge in [0.1, 0.15) is 5.82 Å². The van der Waals surface area contributed by atoms with Gasteiger partial charge >= 0.3 is 0 Å². The van der Waals surface area contributed by atoms with Crippen LogP contribution in [0.1, 0.15) is 11.1 Å². The molecule has 0 aromatic heterocycles. The van der Waals surface area contributed by atoms with Crippen LogP contribution >= 0.6 is 0 Å². The molecule has 0 bridgehead atoms. The van der Waals surface area contributed by atoms with E-state index in [-0.39, 0.29) is 5.82 Å². The van der Waals surface area contributed by atoms with Gasteiger partial charge in [-0.1, -0.05) is 30.3 Å². The van der Waals surface area contributed by atoms with Crippen LogP contribution in [-0.4, -0.2) is 0 Å². The molecule has 3 heteroatoms. The third-order valence-corrected chi connectivity index (χ3v) is 2.77. The molecule has 2 aromatic rings. The van der Waals surface area contributed by atoms with E-state index in [4.69, 9.17) is 11.5 Å². The van der Waals surface area contributed by atoms with Crippen molar-refractivity contribution in [1.29, 1.82) is 0 Å². The molecular weight excluding hydrogens is 215 g/mol. The maximum Gasteiger partial charge on any atom is 0.131 e. The Bertz CT molecular complexity index is 523. The van der Waals surface area contributed by atoms with Gasteiger partial charge in [-0.2, -0.15) is 0 Å². The molecule has 0 aliphatic rings. The number of nitrogens with two attached hydrogens (primary N) is 2. The lowest BCUT2D eigenvalue weighted by molar-refractivity contribution is 0.629. The Kier molecular flexibility index (Phi) is 3.52. The molecule has 4 N–H and O–H groups in total. The highest BCUT2D eigenvalue weighted by molar-refractivity contribution is 5.68. The smallest absolute Gasteiger partial charge is 0.131 e. The summed E-state index contributed by atoms with van der Waals surface area (Å²) in [5.74, 6) is -0.248. The van der Waals surface area contributed by atoms with Crippen LogP contribution < -0.4 is 11.5 Å². The van der Waals surface area contributed by atoms with Gasteiger partial charge in [0, 0.05) is 18.7 Å². The molecule has 2 nitrogen and oxygen atoms in total. The van der Waals surface area contributed by atoms with E-state index in [9.17, 15) is 4.39 Å². The predicted octanol–water partition coefficient (Wildman–Crippen LogP) is 2.41. The fourth-order valence-corrected chi connectivity index (χ4v) is 1.92. The van der Waals surface area contributed by atoms with Crippen LogP contribution in [0.25, 0.3) is 11.1 Å². The Hall–Kier alpha value is -1.71. The Morgan fingerprint density at radius 3 is 2.41 bits per heavy atom. The topological polar surface area (TPSA) is 52.0 Å². The van der Waals surface area contributed by atoms with Gasteiger partial charge < -0.3 is 11.5 Å². The average Bonchev–Trinajstić information content (AvgIpc) is 2.38. The lowest BCUT2D eigenvalue weighted by atomic mass is 9.97. The van der Waals surface area contributed by atoms with Crippen molar-refractivity contribution in [1.82, 2.24) is 0 Å². The fourth-order valence-electron chi connectivity index (χ4n) is 1.92. The standard InChI is InChI=1S/C14H15FN2/c15-13-6-2-5-12(9-17)14(13)11-4-1-3-10(7-11)8-16/h1-7H,8-9,16-17H2. The Morgan fingerprint density at radius 1 is 0.941 bits per heavy atom. The van der Waals surface area contributed by atoms with Crippen molar-refractivity contribution in [3.8, 4) is 11.1 Å². The summed E-state index contributed by atoms with van der Waals surface area (Å²) in [4.78, 5) is 0. The molecule has 17 heavy (non-hydrogen) atoms. The Labute approximate surface area is 100 Å². The van der Waals surface area contributed by atoms with Crippen LogP contribution in [0.15, 0.2) is 42.5 Å². The number of hydrogen-bond acceptors (Lipinski definition) is 2. The van der Waals surface area contributed by atoms with E-state index in [1.807, 2.05) is 30.3 Å². The van der Waals surface area contributed by atoms with Gasteiger partial charge in [0.25, 0.3) is 0 Å². The molecule has 2 rings (SSSR count). The van der Waals surface area contributed by atoms with Crippen molar-refractivity contribution in [2.75, 3.05) is 0 Å². The van der Waals surface area contributed by atoms with Crippen LogP contribution in [0.4, 0.5) is 4.39 Å². The molecule has 0 radical (unpaired) electrons. The van der Waals surface area contributed by atoms with Gasteiger partial charge in [0.15, 0.2) is 0 Å². The second-order valence-electron chi connectivity index (χ2n) is 3.88. The highest BCUT2D eigenvalue weighted by Gasteiger charge is 2.09. The summed E-state index contributed by atoms with van der Waals surface area (Å²) in [7, 11) is 0. The molecule has 0 fully saturated rings. The van der Waals surface area contributed by atoms with Gasteiger partial charge in [-0.3, -0.25) is 0 Å². The summed E-state index contributed by atoms with van der Waals surface area (Å²) in [6.45, 7) is 0.764. The van der Waals surface area contributed by atoms with Gasteiger partial charge in [-0.05, 0) is 28.8 Å². The monoisotopic (exact) mass is 230 g/mol. The summed E-state index contributed by atoms with van der Waals surface area (Å²) < 4.78 is 13.9. The molecule has 2 aromatic carbocycles. The molecule has 88 valence electrons. The maximum absolute atomic E-state index is 13.9. The lowest BCUT2D eigenvalue weighted by Gasteiger charge is -2.10. The number of benzene rings is 2. The van der Waals surface area contributed by atoms with Crippen LogP contribution in [0.3, 0.4) is 0 Å². The third-order valence-electron chi connectivity index (χ3n) is 2.77. The van der Waals surface area contributed by atoms with Crippen molar-refractivity contribution in [2.45, 2.75) is 13.1 Å². The van der Waals surface area contributed by atoms with E-state index in [0.29, 0.717) is 18.7 Å². The fraction of sp³-hybridized carbons (Fsp3) is 0.143. The average molecular weight is 230 g/mol. The van der Waals surface area contributed by atoms with Crippen molar-refractivity contribution >= 4 is 0 Å². The van der Waals surface area contributed by atoms with Gasteiger partial charge in [-0.25, -0.2) is 4.39 Å². The molecule has 0 saturated heterocycles. The largest absolute Gasteiger partial charge is 0.326 e. The molecule has 0 heterocycles. The molecule has 0 atom stereocenters. The quantitative estimate of drug-likeness (QED) is 0.850. The van der Waals surface area contributed by atoms with Gasteiger partial charge in [0.2, 0.25) is 0 Å². The number of hydrogen-bond donors (Lipinski definition) is 2. The number of halogens is 1. The highest BCUT2D eigenvalue weighted by atomic mass is 19.1. The van der Waals surface area contributed by atoms with E-state index < -0.39 is 0 Å². The summed E-state index contributed by atoms with van der Waals surface area (Å²) in [5, 5.41) is 0. The summed E-state index contributed by atoms with van der Waals surface area (Å²) in [6, 6.07) is 12.5. The first-order valence-corrected chi connectivity index (χ1v) is 5.53. The first-order chi connectivity index (χ1) is 8.26. The second kappa shape index (κ2) is 5.08. The van der Waals surface area contributed by atoms with Crippen molar-refractivity contribution in [2.24, 2.45) is 11.5 Å². The van der Waals surface area contributed by atoms with Crippen LogP contribution in [0.2, 0.25) is 0 Å². The van der Waals surface area contributed by atoms with E-state index in [1.54, 1.807) is 6.07 Å². The lowest BCUT2D eigenvalue weighted by Crippen LogP contribution is -2.02. The van der Waals surface area contributed by atoms with Gasteiger partial charge in [0.05, 0.1) is 0 Å². The normalized spacial score (nSPS) is 10.5. The molecule has 0 aliphatic heterocycles. The molecule has 0 unspecified atom stereocenters. The van der Waals surface area contributed by atoms with E-state index in [1.165, 1.54) is 6.07 Å². The predicted molar refractivity (Wildman–Crippen MR) is 67.6 cm³/mol. The molecule has 0 aliphatic carbocycles. The molecule has 0 saturated carbocycles. The summed E-state index contributed by atoms with van der Waals surface area (Å²) in [5.41, 5.74) is 14.4. The Morgan fingerprint density at radius 2 is 1.71 bits per heavy atom. The zero-order valence-corrected chi connectivity index (χ0v) is 9.49. The van der Waals surface area contributed by atoms with E-state index in [0.717, 1.165) is 16.7 Å². The van der Waals surface area contributed by atoms with Gasteiger partial charge in [-0.15, -0.1) is 0 Å². The van der Waals surface area contributed by atoms with Crippen LogP contribution in [-0.2, 0) is 13.1 Å². The molecule has 0 amide bonds. The third kappa shape index (κ3) is 2.35. The Balaban J connectivity index is 2.58. The van der Waals surface area contributed by atoms with Crippen molar-refractivity contribution < 1.29 is 4.39 Å². The number of rotatable bonds is 3. The maximum atomic E-state index is 13.9. The minimum absolute atomic E-state index is 0.248. The summed E-state index contributed by atoms with van der Waals surface area (Å²) in [6.07, 6.45) is 0. The highest BCUT2D eigenvalue weighted by Crippen LogP contribution is 2.27. The van der Waals surface area contributed by atoms with Crippen LogP contribution in [0.5, 0.6) is 0 Å². The zero-order valence-electron chi connectivity index (χ0n) is 9.49. The minimum Gasteiger partial charge on any atom is -0.326 e. The SMILES string of the molecule is NCc1cccc(-c2c(F)cccc2CN)c1. The first kappa shape index (κ1) is 11.8. The van der Waals surface area contributed by atoms with Crippen molar-refractivity contribution in [3.63, 3.8) is 0 Å². The van der Waals surface area contributed by atoms with Crippen LogP contribution in [0, 0.1) is 5.82 Å². The van der Waals surface area contributed by atoms with E-state index >= 15 is 0 Å². The molecule has 0 spiro atoms. The minimum atomic E-state index is -0.248. The van der Waals surface area contributed by atoms with E-state index in [2.05, 4.69) is 0 Å². The molecular formula is C14H15FN2.